The van der Waals surface area contributed by atoms with Gasteiger partial charge in [0.25, 0.3) is 0 Å². The summed E-state index contributed by atoms with van der Waals surface area (Å²) in [6, 6.07) is 13.1. The summed E-state index contributed by atoms with van der Waals surface area (Å²) < 4.78 is 27.2. The molecule has 3 atom stereocenters. The number of aromatic nitrogens is 1. The second kappa shape index (κ2) is 14.1. The van der Waals surface area contributed by atoms with Crippen molar-refractivity contribution in [2.75, 3.05) is 13.1 Å². The molecule has 0 bridgehead atoms. The van der Waals surface area contributed by atoms with Crippen molar-refractivity contribution in [1.29, 1.82) is 0 Å². The molecule has 1 aromatic heterocycles. The molecule has 0 radical (unpaired) electrons. The van der Waals surface area contributed by atoms with Crippen LogP contribution < -0.4 is 22.1 Å². The van der Waals surface area contributed by atoms with Crippen LogP contribution in [0.15, 0.2) is 67.0 Å². The van der Waals surface area contributed by atoms with Crippen LogP contribution in [0.2, 0.25) is 0 Å². The Bertz CT molecular complexity index is 1270. The van der Waals surface area contributed by atoms with E-state index in [0.29, 0.717) is 6.42 Å². The molecule has 2 aromatic carbocycles. The molecule has 8 nitrogen and oxygen atoms in total. The summed E-state index contributed by atoms with van der Waals surface area (Å²) >= 11 is 0. The predicted molar refractivity (Wildman–Crippen MR) is 150 cm³/mol. The number of halogens is 2. The van der Waals surface area contributed by atoms with Gasteiger partial charge in [-0.05, 0) is 64.8 Å². The maximum Gasteiger partial charge on any atom is 0.250 e. The molecule has 0 fully saturated rings. The van der Waals surface area contributed by atoms with Gasteiger partial charge < -0.3 is 27.2 Å². The lowest BCUT2D eigenvalue weighted by Gasteiger charge is -2.27. The van der Waals surface area contributed by atoms with Crippen molar-refractivity contribution in [3.8, 4) is 11.1 Å². The first kappa shape index (κ1) is 30.8. The second-order valence-electron chi connectivity index (χ2n) is 10.8. The van der Waals surface area contributed by atoms with Crippen LogP contribution in [0, 0.1) is 17.0 Å². The van der Waals surface area contributed by atoms with Gasteiger partial charge in [-0.15, -0.1) is 0 Å². The second-order valence-corrected chi connectivity index (χ2v) is 10.8. The van der Waals surface area contributed by atoms with Crippen molar-refractivity contribution in [2.24, 2.45) is 16.9 Å². The molecule has 0 aliphatic rings. The van der Waals surface area contributed by atoms with E-state index in [9.17, 15) is 23.5 Å². The van der Waals surface area contributed by atoms with Gasteiger partial charge in [0.2, 0.25) is 11.8 Å². The standard InChI is InChI=1S/C30H37F2N5O3/c1-30(2,17-36-27(38)15-24(33)14-22-13-23(31)9-10-25(22)32)18-37-29(40)28(39)26(34)12-19-5-7-20(8-6-19)21-4-3-11-35-16-21/h3-11,13,16,24,26,28,39H,12,14-15,17-18,33-34H2,1-2H3,(H,36,38)(H,37,40). The summed E-state index contributed by atoms with van der Waals surface area (Å²) in [5.74, 6) is -2.09. The fraction of sp³-hybridized carbons (Fsp3) is 0.367. The van der Waals surface area contributed by atoms with Crippen LogP contribution >= 0.6 is 0 Å². The zero-order chi connectivity index (χ0) is 29.3. The summed E-state index contributed by atoms with van der Waals surface area (Å²) in [5, 5.41) is 15.9. The smallest absolute Gasteiger partial charge is 0.250 e. The first-order chi connectivity index (χ1) is 18.9. The van der Waals surface area contributed by atoms with Crippen molar-refractivity contribution in [3.05, 3.63) is 89.8 Å². The number of hydrogen-bond donors (Lipinski definition) is 5. The first-order valence-corrected chi connectivity index (χ1v) is 13.1. The lowest BCUT2D eigenvalue weighted by Crippen LogP contribution is -2.50. The Hall–Kier alpha value is -3.73. The zero-order valence-electron chi connectivity index (χ0n) is 22.7. The van der Waals surface area contributed by atoms with Crippen LogP contribution in [0.1, 0.15) is 31.4 Å². The topological polar surface area (TPSA) is 143 Å². The van der Waals surface area contributed by atoms with E-state index in [4.69, 9.17) is 11.5 Å². The van der Waals surface area contributed by atoms with Crippen LogP contribution in [0.25, 0.3) is 11.1 Å². The number of nitrogens with zero attached hydrogens (tertiary/aromatic N) is 1. The minimum Gasteiger partial charge on any atom is -0.382 e. The Kier molecular flexibility index (Phi) is 10.8. The highest BCUT2D eigenvalue weighted by Gasteiger charge is 2.26. The molecule has 10 heteroatoms. The maximum atomic E-state index is 13.8. The molecule has 0 spiro atoms. The largest absolute Gasteiger partial charge is 0.382 e. The van der Waals surface area contributed by atoms with Crippen molar-refractivity contribution in [3.63, 3.8) is 0 Å². The van der Waals surface area contributed by atoms with Crippen LogP contribution in [0.3, 0.4) is 0 Å². The number of aliphatic hydroxyl groups excluding tert-OH is 1. The molecule has 3 aromatic rings. The SMILES string of the molecule is CC(C)(CNC(=O)CC(N)Cc1cc(F)ccc1F)CNC(=O)C(O)C(N)Cc1ccc(-c2cccnc2)cc1. The molecule has 0 saturated heterocycles. The third-order valence-electron chi connectivity index (χ3n) is 6.54. The van der Waals surface area contributed by atoms with Crippen LogP contribution in [-0.2, 0) is 22.4 Å². The van der Waals surface area contributed by atoms with Gasteiger partial charge in [0.15, 0.2) is 0 Å². The van der Waals surface area contributed by atoms with Crippen molar-refractivity contribution >= 4 is 11.8 Å². The minimum atomic E-state index is -1.41. The summed E-state index contributed by atoms with van der Waals surface area (Å²) in [6.07, 6.45) is 2.32. The van der Waals surface area contributed by atoms with E-state index in [1.165, 1.54) is 0 Å². The number of amides is 2. The number of aliphatic hydroxyl groups is 1. The summed E-state index contributed by atoms with van der Waals surface area (Å²) in [4.78, 5) is 29.0. The van der Waals surface area contributed by atoms with Gasteiger partial charge >= 0.3 is 0 Å². The van der Waals surface area contributed by atoms with Crippen molar-refractivity contribution in [1.82, 2.24) is 15.6 Å². The lowest BCUT2D eigenvalue weighted by atomic mass is 9.92. The Morgan fingerprint density at radius 2 is 1.68 bits per heavy atom. The third kappa shape index (κ3) is 9.48. The number of nitrogens with one attached hydrogen (secondary N) is 2. The van der Waals surface area contributed by atoms with Crippen LogP contribution in [0.4, 0.5) is 8.78 Å². The summed E-state index contributed by atoms with van der Waals surface area (Å²) in [5.41, 5.74) is 14.5. The summed E-state index contributed by atoms with van der Waals surface area (Å²) in [7, 11) is 0. The van der Waals surface area contributed by atoms with E-state index in [2.05, 4.69) is 15.6 Å². The number of pyridine rings is 1. The van der Waals surface area contributed by atoms with E-state index in [0.717, 1.165) is 34.9 Å². The molecule has 7 N–H and O–H groups in total. The number of carbonyl (C=O) groups excluding carboxylic acids is 2. The number of hydrogen-bond acceptors (Lipinski definition) is 6. The van der Waals surface area contributed by atoms with Crippen LogP contribution in [0.5, 0.6) is 0 Å². The average Bonchev–Trinajstić information content (AvgIpc) is 2.93. The van der Waals surface area contributed by atoms with Gasteiger partial charge in [0.1, 0.15) is 17.7 Å². The number of benzene rings is 2. The Labute approximate surface area is 233 Å². The molecule has 2 amide bonds. The molecule has 40 heavy (non-hydrogen) atoms. The highest BCUT2D eigenvalue weighted by Crippen LogP contribution is 2.19. The Morgan fingerprint density at radius 1 is 0.975 bits per heavy atom. The molecule has 3 rings (SSSR count). The van der Waals surface area contributed by atoms with Gasteiger partial charge in [-0.3, -0.25) is 14.6 Å². The molecule has 0 saturated carbocycles. The van der Waals surface area contributed by atoms with E-state index < -0.39 is 41.1 Å². The Balaban J connectivity index is 1.40. The normalized spacial score (nSPS) is 13.8. The summed E-state index contributed by atoms with van der Waals surface area (Å²) in [6.45, 7) is 4.08. The average molecular weight is 554 g/mol. The van der Waals surface area contributed by atoms with Gasteiger partial charge in [0.05, 0.1) is 0 Å². The molecular weight excluding hydrogens is 516 g/mol. The molecule has 214 valence electrons. The van der Waals surface area contributed by atoms with Gasteiger partial charge in [0, 0.05) is 44.0 Å². The highest BCUT2D eigenvalue weighted by atomic mass is 19.1. The van der Waals surface area contributed by atoms with Gasteiger partial charge in [-0.25, -0.2) is 8.78 Å². The van der Waals surface area contributed by atoms with Crippen molar-refractivity contribution in [2.45, 2.75) is 51.3 Å². The van der Waals surface area contributed by atoms with E-state index in [-0.39, 0.29) is 37.4 Å². The minimum absolute atomic E-state index is 0.0171. The maximum absolute atomic E-state index is 13.8. The Morgan fingerprint density at radius 3 is 2.35 bits per heavy atom. The van der Waals surface area contributed by atoms with Gasteiger partial charge in [-0.1, -0.05) is 44.2 Å². The molecule has 0 aliphatic heterocycles. The lowest BCUT2D eigenvalue weighted by molar-refractivity contribution is -0.130. The molecule has 0 aliphatic carbocycles. The quantitative estimate of drug-likeness (QED) is 0.220. The molecule has 3 unspecified atom stereocenters. The van der Waals surface area contributed by atoms with E-state index in [1.54, 1.807) is 12.4 Å². The highest BCUT2D eigenvalue weighted by molar-refractivity contribution is 5.81. The monoisotopic (exact) mass is 553 g/mol. The number of nitrogens with two attached hydrogens (primary N) is 2. The van der Waals surface area contributed by atoms with Crippen molar-refractivity contribution < 1.29 is 23.5 Å². The van der Waals surface area contributed by atoms with E-state index in [1.807, 2.05) is 50.2 Å². The molecule has 1 heterocycles. The first-order valence-electron chi connectivity index (χ1n) is 13.1. The molecular formula is C30H37F2N5O3. The van der Waals surface area contributed by atoms with Crippen LogP contribution in [-0.4, -0.2) is 53.2 Å². The van der Waals surface area contributed by atoms with Gasteiger partial charge in [-0.2, -0.15) is 0 Å². The zero-order valence-corrected chi connectivity index (χ0v) is 22.7. The number of carbonyl (C=O) groups is 2. The number of rotatable bonds is 13. The predicted octanol–water partition coefficient (Wildman–Crippen LogP) is 2.48. The third-order valence-corrected chi connectivity index (χ3v) is 6.54. The fourth-order valence-corrected chi connectivity index (χ4v) is 4.14. The van der Waals surface area contributed by atoms with E-state index >= 15 is 0 Å². The fourth-order valence-electron chi connectivity index (χ4n) is 4.14.